The number of aromatic nitrogens is 1. The first-order valence-electron chi connectivity index (χ1n) is 6.95. The van der Waals surface area contributed by atoms with Crippen LogP contribution in [-0.2, 0) is 11.3 Å². The molecule has 5 nitrogen and oxygen atoms in total. The van der Waals surface area contributed by atoms with E-state index in [0.717, 1.165) is 11.6 Å². The maximum absolute atomic E-state index is 13.6. The van der Waals surface area contributed by atoms with Gasteiger partial charge >= 0.3 is 0 Å². The summed E-state index contributed by atoms with van der Waals surface area (Å²) in [5.41, 5.74) is 0.826. The summed E-state index contributed by atoms with van der Waals surface area (Å²) in [7, 11) is 0. The fourth-order valence-corrected chi connectivity index (χ4v) is 2.01. The maximum Gasteiger partial charge on any atom is 0.254 e. The first-order chi connectivity index (χ1) is 11.1. The van der Waals surface area contributed by atoms with Crippen LogP contribution in [0.5, 0.6) is 0 Å². The van der Waals surface area contributed by atoms with Crippen molar-refractivity contribution in [2.45, 2.75) is 13.0 Å². The number of amides is 2. The summed E-state index contributed by atoms with van der Waals surface area (Å²) in [4.78, 5) is 27.4. The lowest BCUT2D eigenvalue weighted by Crippen LogP contribution is -2.30. The van der Waals surface area contributed by atoms with Gasteiger partial charge in [-0.3, -0.25) is 14.6 Å². The highest BCUT2D eigenvalue weighted by atomic mass is 35.5. The van der Waals surface area contributed by atoms with E-state index < -0.39 is 11.7 Å². The molecule has 0 saturated heterocycles. The first-order valence-corrected chi connectivity index (χ1v) is 7.33. The monoisotopic (exact) mass is 335 g/mol. The lowest BCUT2D eigenvalue weighted by molar-refractivity contribution is -0.121. The predicted octanol–water partition coefficient (Wildman–Crippen LogP) is 2.31. The number of carbonyl (C=O) groups excluding carboxylic acids is 2. The number of carbonyl (C=O) groups is 2. The molecule has 2 amide bonds. The summed E-state index contributed by atoms with van der Waals surface area (Å²) in [6.07, 6.45) is 3.39. The second-order valence-corrected chi connectivity index (χ2v) is 5.20. The minimum Gasteiger partial charge on any atom is -0.352 e. The molecule has 0 bridgehead atoms. The normalized spacial score (nSPS) is 10.2. The lowest BCUT2D eigenvalue weighted by atomic mass is 10.2. The van der Waals surface area contributed by atoms with Gasteiger partial charge in [-0.05, 0) is 35.9 Å². The van der Waals surface area contributed by atoms with Crippen molar-refractivity contribution in [2.75, 3.05) is 6.54 Å². The van der Waals surface area contributed by atoms with E-state index in [0.29, 0.717) is 6.54 Å². The molecule has 0 saturated carbocycles. The molecule has 0 aliphatic rings. The summed E-state index contributed by atoms with van der Waals surface area (Å²) >= 11 is 5.62. The molecular weight excluding hydrogens is 321 g/mol. The van der Waals surface area contributed by atoms with E-state index in [4.69, 9.17) is 11.6 Å². The van der Waals surface area contributed by atoms with Crippen LogP contribution in [0.4, 0.5) is 4.39 Å². The van der Waals surface area contributed by atoms with Crippen LogP contribution < -0.4 is 10.6 Å². The molecule has 0 radical (unpaired) electrons. The minimum atomic E-state index is -0.697. The van der Waals surface area contributed by atoms with Gasteiger partial charge in [0.1, 0.15) is 5.82 Å². The highest BCUT2D eigenvalue weighted by molar-refractivity contribution is 6.30. The number of pyridine rings is 1. The van der Waals surface area contributed by atoms with Crippen LogP contribution in [0.25, 0.3) is 0 Å². The Morgan fingerprint density at radius 2 is 1.87 bits per heavy atom. The molecule has 0 atom stereocenters. The van der Waals surface area contributed by atoms with E-state index in [1.165, 1.54) is 12.1 Å². The largest absolute Gasteiger partial charge is 0.352 e. The number of benzene rings is 1. The van der Waals surface area contributed by atoms with Gasteiger partial charge in [-0.15, -0.1) is 0 Å². The molecule has 0 aliphatic carbocycles. The van der Waals surface area contributed by atoms with Gasteiger partial charge in [-0.1, -0.05) is 11.6 Å². The number of hydrogen-bond acceptors (Lipinski definition) is 3. The fraction of sp³-hybridized carbons (Fsp3) is 0.188. The van der Waals surface area contributed by atoms with Crippen molar-refractivity contribution >= 4 is 23.4 Å². The highest BCUT2D eigenvalue weighted by Gasteiger charge is 2.12. The van der Waals surface area contributed by atoms with Gasteiger partial charge < -0.3 is 10.6 Å². The molecule has 0 aliphatic heterocycles. The number of nitrogens with one attached hydrogen (secondary N) is 2. The number of hydrogen-bond donors (Lipinski definition) is 2. The van der Waals surface area contributed by atoms with Crippen molar-refractivity contribution in [3.8, 4) is 0 Å². The summed E-state index contributed by atoms with van der Waals surface area (Å²) in [5.74, 6) is -1.49. The first kappa shape index (κ1) is 16.9. The van der Waals surface area contributed by atoms with Crippen LogP contribution in [0.2, 0.25) is 5.02 Å². The molecule has 0 fully saturated rings. The van der Waals surface area contributed by atoms with Gasteiger partial charge in [-0.25, -0.2) is 4.39 Å². The average Bonchev–Trinajstić information content (AvgIpc) is 2.53. The van der Waals surface area contributed by atoms with Crippen molar-refractivity contribution in [3.05, 3.63) is 64.7 Å². The average molecular weight is 336 g/mol. The van der Waals surface area contributed by atoms with Crippen LogP contribution in [0, 0.1) is 5.82 Å². The van der Waals surface area contributed by atoms with E-state index >= 15 is 0 Å². The van der Waals surface area contributed by atoms with Crippen LogP contribution in [0.3, 0.4) is 0 Å². The van der Waals surface area contributed by atoms with Crippen molar-refractivity contribution < 1.29 is 14.0 Å². The predicted molar refractivity (Wildman–Crippen MR) is 84.4 cm³/mol. The molecule has 0 spiro atoms. The van der Waals surface area contributed by atoms with Crippen molar-refractivity contribution in [1.29, 1.82) is 0 Å². The van der Waals surface area contributed by atoms with Crippen LogP contribution in [-0.4, -0.2) is 23.3 Å². The molecule has 0 unspecified atom stereocenters. The standard InChI is InChI=1S/C16H15ClFN3O2/c17-12-1-2-13(14(18)9-12)16(23)20-8-5-15(22)21-10-11-3-6-19-7-4-11/h1-4,6-7,9H,5,8,10H2,(H,20,23)(H,21,22). The third-order valence-corrected chi connectivity index (χ3v) is 3.29. The molecule has 120 valence electrons. The molecule has 1 heterocycles. The van der Waals surface area contributed by atoms with Crippen molar-refractivity contribution in [3.63, 3.8) is 0 Å². The second-order valence-electron chi connectivity index (χ2n) is 4.76. The van der Waals surface area contributed by atoms with E-state index in [-0.39, 0.29) is 29.5 Å². The summed E-state index contributed by atoms with van der Waals surface area (Å²) in [5, 5.41) is 5.43. The quantitative estimate of drug-likeness (QED) is 0.851. The lowest BCUT2D eigenvalue weighted by Gasteiger charge is -2.07. The molecule has 23 heavy (non-hydrogen) atoms. The molecule has 2 N–H and O–H groups in total. The van der Waals surface area contributed by atoms with Crippen molar-refractivity contribution in [1.82, 2.24) is 15.6 Å². The highest BCUT2D eigenvalue weighted by Crippen LogP contribution is 2.14. The number of rotatable bonds is 6. The molecule has 2 aromatic rings. The van der Waals surface area contributed by atoms with Gasteiger partial charge in [0.2, 0.25) is 5.91 Å². The third kappa shape index (κ3) is 5.34. The van der Waals surface area contributed by atoms with Crippen molar-refractivity contribution in [2.24, 2.45) is 0 Å². The Morgan fingerprint density at radius 1 is 1.13 bits per heavy atom. The Kier molecular flexibility index (Phi) is 6.05. The Hall–Kier alpha value is -2.47. The van der Waals surface area contributed by atoms with Gasteiger partial charge in [0, 0.05) is 36.9 Å². The second kappa shape index (κ2) is 8.24. The SMILES string of the molecule is O=C(CCNC(=O)c1ccc(Cl)cc1F)NCc1ccncc1. The molecule has 7 heteroatoms. The van der Waals surface area contributed by atoms with E-state index in [9.17, 15) is 14.0 Å². The molecule has 1 aromatic heterocycles. The Morgan fingerprint density at radius 3 is 2.57 bits per heavy atom. The smallest absolute Gasteiger partial charge is 0.254 e. The summed E-state index contributed by atoms with van der Waals surface area (Å²) < 4.78 is 13.6. The van der Waals surface area contributed by atoms with Gasteiger partial charge in [0.25, 0.3) is 5.91 Å². The van der Waals surface area contributed by atoms with Gasteiger partial charge in [0.05, 0.1) is 5.56 Å². The van der Waals surface area contributed by atoms with E-state index in [1.54, 1.807) is 24.5 Å². The zero-order valence-electron chi connectivity index (χ0n) is 12.2. The Bertz CT molecular complexity index is 695. The molecular formula is C16H15ClFN3O2. The zero-order valence-corrected chi connectivity index (χ0v) is 12.9. The Labute approximate surface area is 137 Å². The van der Waals surface area contributed by atoms with Crippen LogP contribution >= 0.6 is 11.6 Å². The molecule has 1 aromatic carbocycles. The van der Waals surface area contributed by atoms with Gasteiger partial charge in [0.15, 0.2) is 0 Å². The topological polar surface area (TPSA) is 71.1 Å². The van der Waals surface area contributed by atoms with Crippen LogP contribution in [0.1, 0.15) is 22.3 Å². The molecule has 2 rings (SSSR count). The maximum atomic E-state index is 13.6. The Balaban J connectivity index is 1.73. The fourth-order valence-electron chi connectivity index (χ4n) is 1.85. The third-order valence-electron chi connectivity index (χ3n) is 3.05. The number of halogens is 2. The minimum absolute atomic E-state index is 0.103. The zero-order chi connectivity index (χ0) is 16.7. The number of nitrogens with zero attached hydrogens (tertiary/aromatic N) is 1. The summed E-state index contributed by atoms with van der Waals surface area (Å²) in [6, 6.07) is 7.39. The van der Waals surface area contributed by atoms with E-state index in [2.05, 4.69) is 15.6 Å². The summed E-state index contributed by atoms with van der Waals surface area (Å²) in [6.45, 7) is 0.504. The van der Waals surface area contributed by atoms with E-state index in [1.807, 2.05) is 0 Å². The van der Waals surface area contributed by atoms with Gasteiger partial charge in [-0.2, -0.15) is 0 Å². The van der Waals surface area contributed by atoms with Crippen LogP contribution in [0.15, 0.2) is 42.7 Å².